The van der Waals surface area contributed by atoms with Gasteiger partial charge >= 0.3 is 7.60 Å². The van der Waals surface area contributed by atoms with Crippen molar-refractivity contribution in [3.05, 3.63) is 0 Å². The maximum Gasteiger partial charge on any atom is 0.325 e. The van der Waals surface area contributed by atoms with Crippen LogP contribution in [0, 0.1) is 0 Å². The molecule has 0 saturated carbocycles. The Morgan fingerprint density at radius 3 is 2.14 bits per heavy atom. The van der Waals surface area contributed by atoms with E-state index in [9.17, 15) is 9.36 Å². The van der Waals surface area contributed by atoms with Crippen molar-refractivity contribution >= 4 is 13.5 Å². The molecule has 1 amide bonds. The summed E-state index contributed by atoms with van der Waals surface area (Å²) in [4.78, 5) is 28.5. The van der Waals surface area contributed by atoms with Crippen LogP contribution in [0.5, 0.6) is 0 Å². The molecule has 1 aliphatic heterocycles. The van der Waals surface area contributed by atoms with Crippen molar-refractivity contribution in [3.8, 4) is 0 Å². The minimum Gasteiger partial charge on any atom is -0.346 e. The molecular formula is C8H18NO4P. The van der Waals surface area contributed by atoms with Crippen LogP contribution in [0.3, 0.4) is 0 Å². The summed E-state index contributed by atoms with van der Waals surface area (Å²) >= 11 is 0. The quantitative estimate of drug-likeness (QED) is 0.679. The molecule has 6 heteroatoms. The van der Waals surface area contributed by atoms with Crippen molar-refractivity contribution < 1.29 is 19.1 Å². The fraction of sp³-hybridized carbons (Fsp3) is 0.875. The lowest BCUT2D eigenvalue weighted by atomic mass is 10.4. The van der Waals surface area contributed by atoms with Crippen LogP contribution in [0.2, 0.25) is 0 Å². The molecule has 84 valence electrons. The van der Waals surface area contributed by atoms with Gasteiger partial charge in [-0.25, -0.2) is 0 Å². The highest BCUT2D eigenvalue weighted by atomic mass is 31.2. The van der Waals surface area contributed by atoms with Gasteiger partial charge in [0.2, 0.25) is 5.91 Å². The van der Waals surface area contributed by atoms with E-state index in [2.05, 4.69) is 0 Å². The third kappa shape index (κ3) is 7.06. The van der Waals surface area contributed by atoms with Crippen LogP contribution in [0.15, 0.2) is 0 Å². The fourth-order valence-electron chi connectivity index (χ4n) is 1.07. The molecule has 1 saturated heterocycles. The molecule has 1 fully saturated rings. The number of nitrogens with zero attached hydrogens (tertiary/aromatic N) is 1. The maximum absolute atomic E-state index is 10.5. The van der Waals surface area contributed by atoms with E-state index >= 15 is 0 Å². The summed E-state index contributed by atoms with van der Waals surface area (Å²) in [6.07, 6.45) is 2.36. The van der Waals surface area contributed by atoms with Crippen LogP contribution in [-0.2, 0) is 9.36 Å². The van der Waals surface area contributed by atoms with E-state index in [0.29, 0.717) is 12.3 Å². The lowest BCUT2D eigenvalue weighted by Crippen LogP contribution is -2.17. The van der Waals surface area contributed by atoms with Crippen molar-refractivity contribution in [2.45, 2.75) is 26.2 Å². The molecule has 2 N–H and O–H groups in total. The number of likely N-dealkylation sites (tertiary alicyclic amines) is 1. The molecule has 1 rings (SSSR count). The molecule has 0 aliphatic carbocycles. The molecule has 0 bridgehead atoms. The Labute approximate surface area is 84.3 Å². The van der Waals surface area contributed by atoms with Crippen molar-refractivity contribution in [1.82, 2.24) is 4.90 Å². The first kappa shape index (κ1) is 13.6. The molecule has 1 heterocycles. The lowest BCUT2D eigenvalue weighted by Gasteiger charge is -2.03. The Morgan fingerprint density at radius 1 is 1.50 bits per heavy atom. The second-order valence-corrected chi connectivity index (χ2v) is 5.08. The minimum absolute atomic E-state index is 0.00694. The Hall–Kier alpha value is -0.380. The van der Waals surface area contributed by atoms with Crippen molar-refractivity contribution in [1.29, 1.82) is 0 Å². The van der Waals surface area contributed by atoms with Crippen LogP contribution in [0.25, 0.3) is 0 Å². The summed E-state index contributed by atoms with van der Waals surface area (Å²) in [5.41, 5.74) is 0. The largest absolute Gasteiger partial charge is 0.346 e. The van der Waals surface area contributed by atoms with E-state index in [1.54, 1.807) is 11.8 Å². The lowest BCUT2D eigenvalue weighted by molar-refractivity contribution is -0.126. The van der Waals surface area contributed by atoms with Crippen LogP contribution >= 0.6 is 7.60 Å². The molecule has 0 atom stereocenters. The van der Waals surface area contributed by atoms with E-state index in [1.165, 1.54) is 0 Å². The van der Waals surface area contributed by atoms with Gasteiger partial charge in [-0.3, -0.25) is 9.36 Å². The first-order chi connectivity index (χ1) is 6.37. The molecule has 0 unspecified atom stereocenters. The molecule has 14 heavy (non-hydrogen) atoms. The van der Waals surface area contributed by atoms with Crippen LogP contribution in [-0.4, -0.2) is 40.3 Å². The molecule has 1 aliphatic rings. The van der Waals surface area contributed by atoms with Gasteiger partial charge in [-0.15, -0.1) is 0 Å². The zero-order valence-corrected chi connectivity index (χ0v) is 9.54. The third-order valence-electron chi connectivity index (χ3n) is 1.82. The molecular weight excluding hydrogens is 205 g/mol. The van der Waals surface area contributed by atoms with Gasteiger partial charge in [-0.05, 0) is 12.8 Å². The fourth-order valence-corrected chi connectivity index (χ4v) is 1.66. The van der Waals surface area contributed by atoms with Crippen LogP contribution in [0.4, 0.5) is 0 Å². The average Bonchev–Trinajstić information content (AvgIpc) is 2.35. The Kier molecular flexibility index (Phi) is 6.00. The molecule has 0 radical (unpaired) electrons. The molecule has 0 spiro atoms. The van der Waals surface area contributed by atoms with Gasteiger partial charge in [0, 0.05) is 26.2 Å². The number of hydrogen-bond acceptors (Lipinski definition) is 2. The van der Waals surface area contributed by atoms with Gasteiger partial charge in [0.25, 0.3) is 0 Å². The zero-order valence-electron chi connectivity index (χ0n) is 8.64. The highest BCUT2D eigenvalue weighted by Crippen LogP contribution is 2.34. The second-order valence-electron chi connectivity index (χ2n) is 3.31. The summed E-state index contributed by atoms with van der Waals surface area (Å²) in [6.45, 7) is 2.69. The highest BCUT2D eigenvalue weighted by molar-refractivity contribution is 7.51. The van der Waals surface area contributed by atoms with E-state index in [4.69, 9.17) is 9.79 Å². The average molecular weight is 223 g/mol. The minimum atomic E-state index is -3.67. The molecule has 0 aromatic heterocycles. The normalized spacial score (nSPS) is 16.6. The smallest absolute Gasteiger partial charge is 0.325 e. The Morgan fingerprint density at radius 2 is 2.07 bits per heavy atom. The first-order valence-corrected chi connectivity index (χ1v) is 6.45. The van der Waals surface area contributed by atoms with Gasteiger partial charge in [0.1, 0.15) is 0 Å². The van der Waals surface area contributed by atoms with Gasteiger partial charge in [0.05, 0.1) is 0 Å². The predicted molar refractivity (Wildman–Crippen MR) is 54.1 cm³/mol. The molecule has 5 nitrogen and oxygen atoms in total. The molecule has 0 aromatic carbocycles. The summed E-state index contributed by atoms with van der Waals surface area (Å²) in [6, 6.07) is 0. The van der Waals surface area contributed by atoms with Crippen molar-refractivity contribution in [2.24, 2.45) is 0 Å². The van der Waals surface area contributed by atoms with Crippen molar-refractivity contribution in [2.75, 3.05) is 19.8 Å². The summed E-state index contributed by atoms with van der Waals surface area (Å²) in [5, 5.41) is 0. The standard InChI is InChI=1S/C5H9NO.C3H9O3P/c1-6-4-2-3-5(6)7;1-2-3-7(4,5)6/h2-4H2,1H3;2-3H2,1H3,(H2,4,5,6). The van der Waals surface area contributed by atoms with E-state index < -0.39 is 7.60 Å². The second kappa shape index (κ2) is 6.17. The van der Waals surface area contributed by atoms with Gasteiger partial charge in [-0.2, -0.15) is 0 Å². The Bertz CT molecular complexity index is 225. The van der Waals surface area contributed by atoms with E-state index in [1.807, 2.05) is 7.05 Å². The topological polar surface area (TPSA) is 77.8 Å². The first-order valence-electron chi connectivity index (χ1n) is 4.65. The van der Waals surface area contributed by atoms with Gasteiger partial charge < -0.3 is 14.7 Å². The number of rotatable bonds is 2. The van der Waals surface area contributed by atoms with Crippen LogP contribution in [0.1, 0.15) is 26.2 Å². The van der Waals surface area contributed by atoms with E-state index in [0.717, 1.165) is 19.4 Å². The van der Waals surface area contributed by atoms with Crippen LogP contribution < -0.4 is 0 Å². The summed E-state index contributed by atoms with van der Waals surface area (Å²) in [5.74, 6) is 0.292. The summed E-state index contributed by atoms with van der Waals surface area (Å²) < 4.78 is 9.93. The van der Waals surface area contributed by atoms with Crippen molar-refractivity contribution in [3.63, 3.8) is 0 Å². The third-order valence-corrected chi connectivity index (χ3v) is 2.85. The monoisotopic (exact) mass is 223 g/mol. The van der Waals surface area contributed by atoms with Gasteiger partial charge in [-0.1, -0.05) is 6.92 Å². The molecule has 0 aromatic rings. The number of hydrogen-bond donors (Lipinski definition) is 2. The zero-order chi connectivity index (χ0) is 11.2. The highest BCUT2D eigenvalue weighted by Gasteiger charge is 2.14. The maximum atomic E-state index is 10.5. The Balaban J connectivity index is 0.000000241. The number of amides is 1. The SMILES string of the molecule is CCCP(=O)(O)O.CN1CCCC1=O. The number of carbonyl (C=O) groups excluding carboxylic acids is 1. The van der Waals surface area contributed by atoms with Gasteiger partial charge in [0.15, 0.2) is 0 Å². The predicted octanol–water partition coefficient (Wildman–Crippen LogP) is 0.813. The van der Waals surface area contributed by atoms with E-state index in [-0.39, 0.29) is 6.16 Å². The number of carbonyl (C=O) groups is 1. The summed E-state index contributed by atoms with van der Waals surface area (Å²) in [7, 11) is -1.82.